The lowest BCUT2D eigenvalue weighted by molar-refractivity contribution is 0.669. The number of benzene rings is 20. The average molecular weight is 1490 g/mol. The molecule has 0 atom stereocenters. The summed E-state index contributed by atoms with van der Waals surface area (Å²) in [5.74, 6) is 0. The molecule has 0 radical (unpaired) electrons. The molecule has 0 amide bonds. The summed E-state index contributed by atoms with van der Waals surface area (Å²) in [5.41, 5.74) is 28.3. The van der Waals surface area contributed by atoms with E-state index in [1.54, 1.807) is 0 Å². The molecule has 0 saturated carbocycles. The van der Waals surface area contributed by atoms with Gasteiger partial charge in [0.1, 0.15) is 33.5 Å². The molecule has 0 aliphatic carbocycles. The summed E-state index contributed by atoms with van der Waals surface area (Å²) in [6.07, 6.45) is 3.78. The minimum absolute atomic E-state index is 0.896. The van der Waals surface area contributed by atoms with E-state index in [1.165, 1.54) is 141 Å². The molecule has 25 aromatic rings. The van der Waals surface area contributed by atoms with E-state index in [1.807, 2.05) is 48.8 Å². The van der Waals surface area contributed by atoms with Crippen LogP contribution in [-0.2, 0) is 0 Å². The summed E-state index contributed by atoms with van der Waals surface area (Å²) in [5, 5.41) is 22.1. The molecule has 0 bridgehead atoms. The molecule has 5 aromatic heterocycles. The van der Waals surface area contributed by atoms with E-state index in [4.69, 9.17) is 13.3 Å². The third-order valence-electron chi connectivity index (χ3n) is 23.7. The molecule has 117 heavy (non-hydrogen) atoms. The van der Waals surface area contributed by atoms with Crippen LogP contribution in [0.3, 0.4) is 0 Å². The van der Waals surface area contributed by atoms with Crippen molar-refractivity contribution in [2.45, 2.75) is 0 Å². The van der Waals surface area contributed by atoms with Crippen molar-refractivity contribution in [1.29, 1.82) is 0 Å². The molecule has 25 rings (SSSR count). The van der Waals surface area contributed by atoms with Gasteiger partial charge in [-0.25, -0.2) is 0 Å². The SMILES string of the molecule is c1ccc(-c2cc(-c3cc4oc5cc(-c6ccnc(-c7ccccc7)c6)cc6c7ccccc7c(c3)c4c56)ccn2)cc1.c1ccc(-c2ccc3c4ccccc4c4ccc(-c5ccccc5)c5oc2c3c54)cc1.c1ccc(-c2cccc(-c3cc4oc5cc(-c6cccc(-c7ccccc7)c6)cc6c7ccccc7c(c3)c4c56)c2)cc1. The molecule has 0 saturated heterocycles. The molecular formula is C112H68N2O3. The van der Waals surface area contributed by atoms with Crippen LogP contribution in [0.1, 0.15) is 0 Å². The molecule has 544 valence electrons. The van der Waals surface area contributed by atoms with Crippen LogP contribution in [0.2, 0.25) is 0 Å². The third-order valence-corrected chi connectivity index (χ3v) is 23.7. The maximum Gasteiger partial charge on any atom is 0.143 e. The van der Waals surface area contributed by atoms with Gasteiger partial charge in [-0.3, -0.25) is 9.97 Å². The highest BCUT2D eigenvalue weighted by Gasteiger charge is 2.26. The Morgan fingerprint density at radius 1 is 0.145 bits per heavy atom. The van der Waals surface area contributed by atoms with Crippen LogP contribution in [0.4, 0.5) is 0 Å². The van der Waals surface area contributed by atoms with E-state index in [-0.39, 0.29) is 0 Å². The van der Waals surface area contributed by atoms with E-state index in [2.05, 4.69) is 374 Å². The van der Waals surface area contributed by atoms with Gasteiger partial charge >= 0.3 is 0 Å². The van der Waals surface area contributed by atoms with Crippen molar-refractivity contribution < 1.29 is 13.3 Å². The number of fused-ring (bicyclic) bond motifs is 9. The lowest BCUT2D eigenvalue weighted by atomic mass is 9.90. The van der Waals surface area contributed by atoms with E-state index >= 15 is 0 Å². The summed E-state index contributed by atoms with van der Waals surface area (Å²) < 4.78 is 20.2. The summed E-state index contributed by atoms with van der Waals surface area (Å²) in [6, 6.07) is 142. The van der Waals surface area contributed by atoms with Crippen LogP contribution < -0.4 is 0 Å². The fraction of sp³-hybridized carbons (Fsp3) is 0. The maximum atomic E-state index is 6.76. The van der Waals surface area contributed by atoms with Gasteiger partial charge in [-0.05, 0) is 240 Å². The number of hydrogen-bond donors (Lipinski definition) is 0. The molecule has 5 heteroatoms. The summed E-state index contributed by atoms with van der Waals surface area (Å²) in [7, 11) is 0. The second-order valence-corrected chi connectivity index (χ2v) is 30.5. The Morgan fingerprint density at radius 3 is 0.718 bits per heavy atom. The fourth-order valence-electron chi connectivity index (χ4n) is 18.3. The van der Waals surface area contributed by atoms with E-state index in [0.717, 1.165) is 101 Å². The second-order valence-electron chi connectivity index (χ2n) is 30.5. The second kappa shape index (κ2) is 27.7. The zero-order valence-corrected chi connectivity index (χ0v) is 63.4. The molecule has 0 aliphatic rings. The van der Waals surface area contributed by atoms with Gasteiger partial charge < -0.3 is 13.3 Å². The van der Waals surface area contributed by atoms with Crippen LogP contribution >= 0.6 is 0 Å². The van der Waals surface area contributed by atoms with Gasteiger partial charge in [-0.1, -0.05) is 303 Å². The number of rotatable bonds is 10. The highest BCUT2D eigenvalue weighted by molar-refractivity contribution is 6.37. The predicted molar refractivity (Wildman–Crippen MR) is 490 cm³/mol. The highest BCUT2D eigenvalue weighted by atomic mass is 16.3. The topological polar surface area (TPSA) is 65.2 Å². The smallest absolute Gasteiger partial charge is 0.143 e. The van der Waals surface area contributed by atoms with Crippen molar-refractivity contribution in [3.63, 3.8) is 0 Å². The minimum Gasteiger partial charge on any atom is -0.456 e. The van der Waals surface area contributed by atoms with Gasteiger partial charge in [-0.15, -0.1) is 0 Å². The zero-order valence-electron chi connectivity index (χ0n) is 63.4. The molecule has 0 aliphatic heterocycles. The van der Waals surface area contributed by atoms with Crippen LogP contribution in [-0.4, -0.2) is 9.97 Å². The van der Waals surface area contributed by atoms with Crippen LogP contribution in [0.15, 0.2) is 426 Å². The van der Waals surface area contributed by atoms with Crippen molar-refractivity contribution >= 4 is 130 Å². The first-order chi connectivity index (χ1) is 58.0. The van der Waals surface area contributed by atoms with Gasteiger partial charge in [0, 0.05) is 67.0 Å². The van der Waals surface area contributed by atoms with Gasteiger partial charge in [0.05, 0.1) is 11.4 Å². The van der Waals surface area contributed by atoms with E-state index < -0.39 is 0 Å². The number of nitrogens with zero attached hydrogens (tertiary/aromatic N) is 2. The largest absolute Gasteiger partial charge is 0.456 e. The number of aromatic nitrogens is 2. The Labute approximate surface area is 673 Å². The molecule has 0 unspecified atom stereocenters. The van der Waals surface area contributed by atoms with Crippen LogP contribution in [0.25, 0.3) is 242 Å². The van der Waals surface area contributed by atoms with Gasteiger partial charge in [-0.2, -0.15) is 0 Å². The Hall–Kier alpha value is -15.6. The Morgan fingerprint density at radius 2 is 0.402 bits per heavy atom. The summed E-state index contributed by atoms with van der Waals surface area (Å²) in [6.45, 7) is 0. The molecular weight excluding hydrogens is 1420 g/mol. The van der Waals surface area contributed by atoms with Gasteiger partial charge in [0.15, 0.2) is 0 Å². The van der Waals surface area contributed by atoms with Crippen molar-refractivity contribution in [3.8, 4) is 112 Å². The zero-order chi connectivity index (χ0) is 77.0. The van der Waals surface area contributed by atoms with Gasteiger partial charge in [0.25, 0.3) is 0 Å². The standard InChI is InChI=1S/C42H26O.C40H24N2O.C30H18O/c1-3-11-27(12-4-1)29-15-9-17-31(21-29)33-23-37-35-19-7-8-20-36(35)38-24-34(26-40-42(38)41(37)39(25-33)43-40)32-18-10-16-30(22-32)28-13-5-2-6-14-28;1-3-9-25(10-4-1)35-21-27(15-17-41-35)29-19-33-31-13-7-8-14-32(31)34-20-30(24-38-40(34)39(33)37(23-29)43-38)28-16-18-42-36(22-28)26-11-5-2-6-12-26;1-3-9-19(10-4-1)21-15-17-25-23-13-7-8-14-24(23)26-18-16-22(20-11-5-2-6-12-20)30-28(26)27(25)29(21)31-30/h1-26H;1-24H;1-18H. The van der Waals surface area contributed by atoms with Crippen molar-refractivity contribution in [1.82, 2.24) is 9.97 Å². The number of furan rings is 3. The van der Waals surface area contributed by atoms with Crippen molar-refractivity contribution in [2.75, 3.05) is 0 Å². The first-order valence-electron chi connectivity index (χ1n) is 39.9. The van der Waals surface area contributed by atoms with Gasteiger partial charge in [0.2, 0.25) is 0 Å². The Kier molecular flexibility index (Phi) is 15.9. The van der Waals surface area contributed by atoms with Crippen molar-refractivity contribution in [2.24, 2.45) is 0 Å². The maximum absolute atomic E-state index is 6.76. The Balaban J connectivity index is 0.000000105. The lowest BCUT2D eigenvalue weighted by Gasteiger charge is -2.12. The number of hydrogen-bond acceptors (Lipinski definition) is 5. The predicted octanol–water partition coefficient (Wildman–Crippen LogP) is 31.5. The van der Waals surface area contributed by atoms with E-state index in [9.17, 15) is 0 Å². The monoisotopic (exact) mass is 1490 g/mol. The van der Waals surface area contributed by atoms with Crippen molar-refractivity contribution in [3.05, 3.63) is 413 Å². The summed E-state index contributed by atoms with van der Waals surface area (Å²) in [4.78, 5) is 9.31. The molecule has 0 N–H and O–H groups in total. The highest BCUT2D eigenvalue weighted by Crippen LogP contribution is 2.52. The average Bonchev–Trinajstić information content (AvgIpc) is 1.29. The fourth-order valence-corrected chi connectivity index (χ4v) is 18.3. The first kappa shape index (κ1) is 67.2. The molecule has 20 aromatic carbocycles. The quantitative estimate of drug-likeness (QED) is 0.128. The minimum atomic E-state index is 0.896. The molecule has 0 spiro atoms. The van der Waals surface area contributed by atoms with Crippen LogP contribution in [0, 0.1) is 0 Å². The lowest BCUT2D eigenvalue weighted by Crippen LogP contribution is -1.88. The van der Waals surface area contributed by atoms with Crippen LogP contribution in [0.5, 0.6) is 0 Å². The first-order valence-corrected chi connectivity index (χ1v) is 39.9. The summed E-state index contributed by atoms with van der Waals surface area (Å²) >= 11 is 0. The molecule has 5 nitrogen and oxygen atoms in total. The third kappa shape index (κ3) is 11.5. The Bertz CT molecular complexity index is 7270. The molecule has 0 fully saturated rings. The molecule has 5 heterocycles. The van der Waals surface area contributed by atoms with E-state index in [0.29, 0.717) is 0 Å². The normalized spacial score (nSPS) is 11.8. The number of pyridine rings is 2.